The fourth-order valence-corrected chi connectivity index (χ4v) is 5.28. The van der Waals surface area contributed by atoms with Crippen LogP contribution in [0, 0.1) is 0 Å². The molecule has 54 heavy (non-hydrogen) atoms. The molecule has 2 aromatic heterocycles. The summed E-state index contributed by atoms with van der Waals surface area (Å²) >= 11 is 0. The molecule has 0 saturated carbocycles. The maximum Gasteiger partial charge on any atom is 0.417 e. The van der Waals surface area contributed by atoms with Gasteiger partial charge in [-0.2, -0.15) is 13.2 Å². The number of alkyl carbamates (subject to hydrolysis) is 1. The summed E-state index contributed by atoms with van der Waals surface area (Å²) in [6.45, 7) is 0.147. The number of carbonyl (C=O) groups is 5. The van der Waals surface area contributed by atoms with Crippen molar-refractivity contribution < 1.29 is 51.4 Å². The molecule has 16 nitrogen and oxygen atoms in total. The molecule has 0 aliphatic carbocycles. The number of rotatable bonds is 18. The van der Waals surface area contributed by atoms with E-state index in [2.05, 4.69) is 31.2 Å². The van der Waals surface area contributed by atoms with Crippen molar-refractivity contribution in [1.82, 2.24) is 25.9 Å². The van der Waals surface area contributed by atoms with Crippen molar-refractivity contribution in [3.8, 4) is 0 Å². The van der Waals surface area contributed by atoms with Gasteiger partial charge in [-0.05, 0) is 49.9 Å². The van der Waals surface area contributed by atoms with E-state index in [1.54, 1.807) is 30.3 Å². The van der Waals surface area contributed by atoms with Crippen LogP contribution in [0.25, 0.3) is 11.0 Å². The van der Waals surface area contributed by atoms with Gasteiger partial charge in [0.25, 0.3) is 0 Å². The minimum absolute atomic E-state index is 0.0204. The number of amides is 4. The lowest BCUT2D eigenvalue weighted by Crippen LogP contribution is -2.56. The van der Waals surface area contributed by atoms with Crippen LogP contribution < -0.4 is 32.6 Å². The topological polar surface area (TPSA) is 248 Å². The minimum Gasteiger partial charge on any atom is -0.481 e. The predicted octanol–water partition coefficient (Wildman–Crippen LogP) is 2.97. The molecule has 4 aromatic rings. The number of aromatic nitrogens is 2. The van der Waals surface area contributed by atoms with Crippen molar-refractivity contribution in [2.75, 3.05) is 11.9 Å². The van der Waals surface area contributed by atoms with E-state index in [1.807, 2.05) is 0 Å². The number of hydrogen-bond acceptors (Lipinski definition) is 10. The smallest absolute Gasteiger partial charge is 0.417 e. The molecule has 0 radical (unpaired) electrons. The van der Waals surface area contributed by atoms with E-state index < -0.39 is 89.1 Å². The first-order chi connectivity index (χ1) is 25.7. The number of H-pyrrole nitrogens is 1. The third kappa shape index (κ3) is 12.2. The van der Waals surface area contributed by atoms with E-state index >= 15 is 0 Å². The van der Waals surface area contributed by atoms with E-state index in [0.29, 0.717) is 30.2 Å². The number of halogens is 3. The molecular formula is C35H38F3N7O9. The van der Waals surface area contributed by atoms with Crippen LogP contribution in [0.3, 0.4) is 0 Å². The Balaban J connectivity index is 1.51. The number of carbonyl (C=O) groups excluding carboxylic acids is 4. The van der Waals surface area contributed by atoms with Crippen LogP contribution in [0.4, 0.5) is 23.7 Å². The molecule has 4 rings (SSSR count). The fourth-order valence-electron chi connectivity index (χ4n) is 5.28. The average Bonchev–Trinajstić information content (AvgIpc) is 3.64. The van der Waals surface area contributed by atoms with E-state index in [4.69, 9.17) is 14.9 Å². The van der Waals surface area contributed by atoms with Crippen molar-refractivity contribution in [2.24, 2.45) is 5.73 Å². The normalized spacial score (nSPS) is 13.0. The Hall–Kier alpha value is -6.24. The molecule has 3 atom stereocenters. The zero-order valence-electron chi connectivity index (χ0n) is 28.6. The van der Waals surface area contributed by atoms with Crippen LogP contribution >= 0.6 is 0 Å². The second-order valence-corrected chi connectivity index (χ2v) is 12.1. The van der Waals surface area contributed by atoms with Gasteiger partial charge in [0.1, 0.15) is 30.3 Å². The Kier molecular flexibility index (Phi) is 14.3. The van der Waals surface area contributed by atoms with Gasteiger partial charge in [-0.3, -0.25) is 19.2 Å². The van der Waals surface area contributed by atoms with Gasteiger partial charge >= 0.3 is 23.9 Å². The first kappa shape index (κ1) is 40.5. The lowest BCUT2D eigenvalue weighted by Gasteiger charge is -2.25. The van der Waals surface area contributed by atoms with Crippen LogP contribution in [0.5, 0.6) is 0 Å². The maximum absolute atomic E-state index is 13.6. The number of imidazole rings is 1. The number of aliphatic carboxylic acids is 1. The largest absolute Gasteiger partial charge is 0.481 e. The zero-order chi connectivity index (χ0) is 39.3. The predicted molar refractivity (Wildman–Crippen MR) is 186 cm³/mol. The highest BCUT2D eigenvalue weighted by molar-refractivity contribution is 6.00. The highest BCUT2D eigenvalue weighted by Crippen LogP contribution is 2.34. The maximum atomic E-state index is 13.6. The minimum atomic E-state index is -4.86. The van der Waals surface area contributed by atoms with Gasteiger partial charge in [0, 0.05) is 47.9 Å². The zero-order valence-corrected chi connectivity index (χ0v) is 28.6. The summed E-state index contributed by atoms with van der Waals surface area (Å²) in [6.07, 6.45) is -3.35. The lowest BCUT2D eigenvalue weighted by atomic mass is 10.0. The van der Waals surface area contributed by atoms with Gasteiger partial charge in [0.05, 0.1) is 11.9 Å². The molecule has 0 bridgehead atoms. The fraction of sp³-hybridized carbons (Fsp3) is 0.343. The number of anilines is 1. The van der Waals surface area contributed by atoms with Crippen molar-refractivity contribution in [3.05, 3.63) is 94.4 Å². The number of ether oxygens (including phenoxy) is 1. The number of nitrogens with zero attached hydrogens (tertiary/aromatic N) is 1. The highest BCUT2D eigenvalue weighted by atomic mass is 19.4. The summed E-state index contributed by atoms with van der Waals surface area (Å²) < 4.78 is 50.7. The molecule has 288 valence electrons. The Morgan fingerprint density at radius 2 is 1.61 bits per heavy atom. The lowest BCUT2D eigenvalue weighted by molar-refractivity contribution is -0.138. The molecule has 19 heteroatoms. The highest BCUT2D eigenvalue weighted by Gasteiger charge is 2.34. The first-order valence-corrected chi connectivity index (χ1v) is 16.7. The van der Waals surface area contributed by atoms with Gasteiger partial charge in [-0.1, -0.05) is 30.3 Å². The average molecular weight is 758 g/mol. The van der Waals surface area contributed by atoms with E-state index in [-0.39, 0.29) is 31.7 Å². The van der Waals surface area contributed by atoms with Crippen LogP contribution in [-0.2, 0) is 43.1 Å². The summed E-state index contributed by atoms with van der Waals surface area (Å²) in [6, 6.07) is 8.10. The van der Waals surface area contributed by atoms with Crippen LogP contribution in [-0.4, -0.2) is 69.5 Å². The number of nitrogens with one attached hydrogen (secondary N) is 5. The van der Waals surface area contributed by atoms with Crippen LogP contribution in [0.15, 0.2) is 76.3 Å². The second-order valence-electron chi connectivity index (χ2n) is 12.1. The number of nitrogens with two attached hydrogens (primary N) is 1. The summed E-state index contributed by atoms with van der Waals surface area (Å²) in [7, 11) is 0. The number of carboxylic acid groups (broad SMARTS) is 1. The number of aromatic amines is 1. The molecule has 0 spiro atoms. The Morgan fingerprint density at radius 3 is 2.26 bits per heavy atom. The summed E-state index contributed by atoms with van der Waals surface area (Å²) in [5.41, 5.74) is 3.73. The SMILES string of the molecule is NCCCCC(NC(=O)C(CCC(=O)O)NC(=O)C(Cc1cnc[nH]1)NC(=O)OCc1ccccc1)C(=O)Nc1ccc2c(C(F)(F)F)cc(=O)oc2c1. The van der Waals surface area contributed by atoms with Crippen LogP contribution in [0.2, 0.25) is 0 Å². The molecule has 0 saturated heterocycles. The van der Waals surface area contributed by atoms with E-state index in [1.165, 1.54) is 12.5 Å². The van der Waals surface area contributed by atoms with Crippen molar-refractivity contribution in [1.29, 1.82) is 0 Å². The quantitative estimate of drug-likeness (QED) is 0.0574. The molecule has 2 aromatic carbocycles. The molecule has 0 aliphatic heterocycles. The standard InChI is InChI=1S/C35H38F3N7O9/c36-35(37,38)24-16-30(48)54-28-15-21(9-10-23(24)28)42-31(49)25(8-4-5-13-39)43-32(50)26(11-12-29(46)47)44-33(51)27(14-22-17-40-19-41-22)45-34(52)53-18-20-6-2-1-3-7-20/h1-3,6-7,9-10,15-17,19,25-27H,4-5,8,11-14,18,39H2,(H,40,41)(H,42,49)(H,43,50)(H,44,51)(H,45,52)(H,46,47). The number of hydrogen-bond donors (Lipinski definition) is 7. The van der Waals surface area contributed by atoms with Gasteiger partial charge in [-0.25, -0.2) is 14.6 Å². The Morgan fingerprint density at radius 1 is 0.907 bits per heavy atom. The van der Waals surface area contributed by atoms with Gasteiger partial charge in [0.2, 0.25) is 17.7 Å². The number of carboxylic acids is 1. The first-order valence-electron chi connectivity index (χ1n) is 16.7. The van der Waals surface area contributed by atoms with Crippen molar-refractivity contribution in [2.45, 2.75) is 69.4 Å². The molecular weight excluding hydrogens is 719 g/mol. The molecule has 3 unspecified atom stereocenters. The third-order valence-corrected chi connectivity index (χ3v) is 7.98. The molecule has 4 amide bonds. The van der Waals surface area contributed by atoms with Gasteiger partial charge in [-0.15, -0.1) is 0 Å². The molecule has 0 aliphatic rings. The molecule has 0 fully saturated rings. The van der Waals surface area contributed by atoms with E-state index in [0.717, 1.165) is 18.2 Å². The summed E-state index contributed by atoms with van der Waals surface area (Å²) in [4.78, 5) is 83.5. The number of alkyl halides is 3. The third-order valence-electron chi connectivity index (χ3n) is 7.98. The summed E-state index contributed by atoms with van der Waals surface area (Å²) in [5.74, 6) is -3.93. The number of benzene rings is 2. The Labute approximate surface area is 305 Å². The van der Waals surface area contributed by atoms with Gasteiger partial charge in [0.15, 0.2) is 0 Å². The molecule has 2 heterocycles. The number of unbranched alkanes of at least 4 members (excludes halogenated alkanes) is 1. The number of fused-ring (bicyclic) bond motifs is 1. The molecule has 8 N–H and O–H groups in total. The summed E-state index contributed by atoms with van der Waals surface area (Å²) in [5, 5.41) is 18.9. The second kappa shape index (κ2) is 19.0. The van der Waals surface area contributed by atoms with E-state index in [9.17, 15) is 47.0 Å². The van der Waals surface area contributed by atoms with Crippen molar-refractivity contribution in [3.63, 3.8) is 0 Å². The van der Waals surface area contributed by atoms with Crippen LogP contribution in [0.1, 0.15) is 48.9 Å². The van der Waals surface area contributed by atoms with Gasteiger partial charge < -0.3 is 46.2 Å². The monoisotopic (exact) mass is 757 g/mol. The van der Waals surface area contributed by atoms with Crippen molar-refractivity contribution >= 4 is 46.4 Å². The Bertz CT molecular complexity index is 1970.